The van der Waals surface area contributed by atoms with Crippen molar-refractivity contribution in [1.29, 1.82) is 0 Å². The first kappa shape index (κ1) is 14.1. The maximum Gasteiger partial charge on any atom is 1.00 e. The molecule has 0 N–H and O–H groups in total. The second-order valence-electron chi connectivity index (χ2n) is 3.32. The summed E-state index contributed by atoms with van der Waals surface area (Å²) in [6.45, 7) is 2.00. The van der Waals surface area contributed by atoms with E-state index >= 15 is 0 Å². The number of carbonyl (C=O) groups is 1. The van der Waals surface area contributed by atoms with E-state index in [-0.39, 0.29) is 51.4 Å². The Hall–Kier alpha value is 0.0264. The molecule has 0 saturated carbocycles. The summed E-state index contributed by atoms with van der Waals surface area (Å²) in [6.07, 6.45) is 0. The van der Waals surface area contributed by atoms with Gasteiger partial charge in [-0.1, -0.05) is 29.8 Å². The van der Waals surface area contributed by atoms with E-state index in [2.05, 4.69) is 0 Å². The van der Waals surface area contributed by atoms with Crippen molar-refractivity contribution in [2.24, 2.45) is 0 Å². The quantitative estimate of drug-likeness (QED) is 0.653. The van der Waals surface area contributed by atoms with Crippen LogP contribution in [0.2, 0.25) is 0 Å². The smallest absolute Gasteiger partial charge is 0.544 e. The van der Waals surface area contributed by atoms with Crippen LogP contribution in [0.1, 0.15) is 15.2 Å². The van der Waals surface area contributed by atoms with Crippen molar-refractivity contribution in [3.8, 4) is 11.1 Å². The standard InChI is InChI=1S/C12H10O2S.K/c1-8-2-4-9(5-3-8)10-6-7-15-11(10)12(13)14;/h2-7H,1H3,(H,13,14);/q;+1/p-1. The maximum absolute atomic E-state index is 10.8. The van der Waals surface area contributed by atoms with Crippen molar-refractivity contribution >= 4 is 17.3 Å². The number of thiophene rings is 1. The van der Waals surface area contributed by atoms with Crippen molar-refractivity contribution in [2.45, 2.75) is 6.92 Å². The fourth-order valence-corrected chi connectivity index (χ4v) is 2.18. The second-order valence-corrected chi connectivity index (χ2v) is 4.23. The molecular weight excluding hydrogens is 247 g/mol. The molecule has 0 unspecified atom stereocenters. The van der Waals surface area contributed by atoms with Crippen LogP contribution in [0, 0.1) is 6.92 Å². The first-order chi connectivity index (χ1) is 7.18. The summed E-state index contributed by atoms with van der Waals surface area (Å²) >= 11 is 1.19. The summed E-state index contributed by atoms with van der Waals surface area (Å²) in [6, 6.07) is 9.58. The Morgan fingerprint density at radius 3 is 2.38 bits per heavy atom. The van der Waals surface area contributed by atoms with Crippen LogP contribution in [0.4, 0.5) is 0 Å². The molecule has 2 rings (SSSR count). The molecule has 0 atom stereocenters. The molecule has 1 aromatic heterocycles. The average Bonchev–Trinajstić information content (AvgIpc) is 2.67. The molecule has 76 valence electrons. The van der Waals surface area contributed by atoms with Gasteiger partial charge >= 0.3 is 51.4 Å². The van der Waals surface area contributed by atoms with Gasteiger partial charge in [0.05, 0.1) is 10.8 Å². The van der Waals surface area contributed by atoms with Crippen LogP contribution >= 0.6 is 11.3 Å². The van der Waals surface area contributed by atoms with Gasteiger partial charge in [0.25, 0.3) is 0 Å². The maximum atomic E-state index is 10.8. The van der Waals surface area contributed by atoms with Gasteiger partial charge in [0.1, 0.15) is 0 Å². The number of benzene rings is 1. The number of hydrogen-bond acceptors (Lipinski definition) is 3. The topological polar surface area (TPSA) is 40.1 Å². The zero-order chi connectivity index (χ0) is 10.8. The van der Waals surface area contributed by atoms with Crippen LogP contribution < -0.4 is 56.5 Å². The predicted octanol–water partition coefficient (Wildman–Crippen LogP) is -0.909. The number of carbonyl (C=O) groups excluding carboxylic acids is 1. The van der Waals surface area contributed by atoms with E-state index in [0.717, 1.165) is 16.7 Å². The van der Waals surface area contributed by atoms with Gasteiger partial charge in [0.2, 0.25) is 0 Å². The van der Waals surface area contributed by atoms with Gasteiger partial charge in [-0.15, -0.1) is 11.3 Å². The molecule has 0 radical (unpaired) electrons. The Morgan fingerprint density at radius 2 is 1.81 bits per heavy atom. The van der Waals surface area contributed by atoms with Gasteiger partial charge in [-0.05, 0) is 23.9 Å². The number of hydrogen-bond donors (Lipinski definition) is 0. The van der Waals surface area contributed by atoms with Gasteiger partial charge in [-0.2, -0.15) is 0 Å². The molecule has 16 heavy (non-hydrogen) atoms. The van der Waals surface area contributed by atoms with Gasteiger partial charge in [0.15, 0.2) is 0 Å². The normalized spacial score (nSPS) is 9.56. The second kappa shape index (κ2) is 6.09. The number of rotatable bonds is 2. The molecule has 0 spiro atoms. The Labute approximate surface area is 141 Å². The van der Waals surface area contributed by atoms with Crippen molar-refractivity contribution in [3.05, 3.63) is 46.2 Å². The van der Waals surface area contributed by atoms with E-state index < -0.39 is 5.97 Å². The third-order valence-electron chi connectivity index (χ3n) is 2.21. The molecule has 1 aromatic carbocycles. The Balaban J connectivity index is 0.00000128. The van der Waals surface area contributed by atoms with Crippen LogP contribution in [0.15, 0.2) is 35.7 Å². The molecule has 2 aromatic rings. The Bertz CT molecular complexity index is 488. The SMILES string of the molecule is Cc1ccc(-c2ccsc2C(=O)[O-])cc1.[K+]. The van der Waals surface area contributed by atoms with Gasteiger partial charge in [-0.3, -0.25) is 0 Å². The molecule has 4 heteroatoms. The molecule has 0 aliphatic carbocycles. The first-order valence-corrected chi connectivity index (χ1v) is 5.42. The molecular formula is C12H9KO2S. The van der Waals surface area contributed by atoms with Gasteiger partial charge in [-0.25, -0.2) is 0 Å². The number of carboxylic acids is 1. The molecule has 1 heterocycles. The van der Waals surface area contributed by atoms with Crippen LogP contribution in [-0.4, -0.2) is 5.97 Å². The van der Waals surface area contributed by atoms with Crippen LogP contribution in [-0.2, 0) is 0 Å². The van der Waals surface area contributed by atoms with Gasteiger partial charge in [0, 0.05) is 5.56 Å². The van der Waals surface area contributed by atoms with Crippen molar-refractivity contribution in [2.75, 3.05) is 0 Å². The van der Waals surface area contributed by atoms with Crippen molar-refractivity contribution in [1.82, 2.24) is 0 Å². The average molecular weight is 256 g/mol. The first-order valence-electron chi connectivity index (χ1n) is 4.54. The Kier molecular flexibility index (Phi) is 5.37. The zero-order valence-electron chi connectivity index (χ0n) is 9.19. The third kappa shape index (κ3) is 3.03. The summed E-state index contributed by atoms with van der Waals surface area (Å²) in [4.78, 5) is 11.1. The minimum absolute atomic E-state index is 0. The molecule has 2 nitrogen and oxygen atoms in total. The minimum Gasteiger partial charge on any atom is -0.544 e. The summed E-state index contributed by atoms with van der Waals surface area (Å²) in [5.74, 6) is -1.11. The molecule has 0 fully saturated rings. The summed E-state index contributed by atoms with van der Waals surface area (Å²) in [5.41, 5.74) is 2.81. The summed E-state index contributed by atoms with van der Waals surface area (Å²) < 4.78 is 0. The third-order valence-corrected chi connectivity index (χ3v) is 3.11. The molecule has 0 amide bonds. The van der Waals surface area contributed by atoms with E-state index in [1.54, 1.807) is 11.4 Å². The molecule has 0 aliphatic rings. The van der Waals surface area contributed by atoms with Crippen molar-refractivity contribution in [3.63, 3.8) is 0 Å². The molecule has 0 aliphatic heterocycles. The van der Waals surface area contributed by atoms with E-state index in [9.17, 15) is 9.90 Å². The summed E-state index contributed by atoms with van der Waals surface area (Å²) in [7, 11) is 0. The largest absolute Gasteiger partial charge is 1.00 e. The van der Waals surface area contributed by atoms with Gasteiger partial charge < -0.3 is 9.90 Å². The minimum atomic E-state index is -1.11. The fraction of sp³-hybridized carbons (Fsp3) is 0.0833. The van der Waals surface area contributed by atoms with E-state index in [1.165, 1.54) is 11.3 Å². The number of carboxylic acid groups (broad SMARTS) is 1. The number of aryl methyl sites for hydroxylation is 1. The van der Waals surface area contributed by atoms with Crippen LogP contribution in [0.3, 0.4) is 0 Å². The zero-order valence-corrected chi connectivity index (χ0v) is 13.1. The fourth-order valence-electron chi connectivity index (χ4n) is 1.43. The monoisotopic (exact) mass is 256 g/mol. The van der Waals surface area contributed by atoms with Crippen molar-refractivity contribution < 1.29 is 61.3 Å². The Morgan fingerprint density at radius 1 is 1.19 bits per heavy atom. The number of aromatic carboxylic acids is 1. The predicted molar refractivity (Wildman–Crippen MR) is 58.8 cm³/mol. The van der Waals surface area contributed by atoms with E-state index in [1.807, 2.05) is 31.2 Å². The molecule has 0 bridgehead atoms. The van der Waals surface area contributed by atoms with Crippen LogP contribution in [0.25, 0.3) is 11.1 Å². The van der Waals surface area contributed by atoms with Crippen LogP contribution in [0.5, 0.6) is 0 Å². The summed E-state index contributed by atoms with van der Waals surface area (Å²) in [5, 5.41) is 12.6. The van der Waals surface area contributed by atoms with E-state index in [4.69, 9.17) is 0 Å². The van der Waals surface area contributed by atoms with E-state index in [0.29, 0.717) is 4.88 Å². The molecule has 0 saturated heterocycles.